The van der Waals surface area contributed by atoms with Crippen LogP contribution in [0.3, 0.4) is 0 Å². The van der Waals surface area contributed by atoms with Gasteiger partial charge in [0.05, 0.1) is 19.1 Å². The van der Waals surface area contributed by atoms with Crippen LogP contribution < -0.4 is 10.1 Å². The second kappa shape index (κ2) is 6.27. The fourth-order valence-electron chi connectivity index (χ4n) is 1.55. The molecule has 0 spiro atoms. The number of amides is 1. The molecule has 0 fully saturated rings. The molecule has 1 aromatic carbocycles. The standard InChI is InChI=1S/C14H14F3NO2/c1-4-9(2)18-13(19)7-10-5-6-11(20-3)8-12(10)14(15,16)17/h4-6,8H,1-2,7H2,3H3,(H,18,19). The summed E-state index contributed by atoms with van der Waals surface area (Å²) >= 11 is 0. The lowest BCUT2D eigenvalue weighted by atomic mass is 10.0. The van der Waals surface area contributed by atoms with Crippen molar-refractivity contribution < 1.29 is 22.7 Å². The van der Waals surface area contributed by atoms with Crippen molar-refractivity contribution in [2.24, 2.45) is 0 Å². The van der Waals surface area contributed by atoms with Crippen LogP contribution in [0.5, 0.6) is 5.75 Å². The predicted molar refractivity (Wildman–Crippen MR) is 69.2 cm³/mol. The normalized spacial score (nSPS) is 10.8. The summed E-state index contributed by atoms with van der Waals surface area (Å²) in [5.74, 6) is -0.512. The SMILES string of the molecule is C=CC(=C)NC(=O)Cc1ccc(OC)cc1C(F)(F)F. The molecule has 108 valence electrons. The molecular formula is C14H14F3NO2. The molecule has 0 saturated carbocycles. The average Bonchev–Trinajstić information content (AvgIpc) is 2.37. The molecule has 1 rings (SSSR count). The van der Waals surface area contributed by atoms with Gasteiger partial charge in [-0.1, -0.05) is 19.2 Å². The zero-order valence-electron chi connectivity index (χ0n) is 10.9. The Morgan fingerprint density at radius 3 is 2.60 bits per heavy atom. The van der Waals surface area contributed by atoms with E-state index >= 15 is 0 Å². The predicted octanol–water partition coefficient (Wildman–Crippen LogP) is 3.07. The number of benzene rings is 1. The van der Waals surface area contributed by atoms with Crippen LogP contribution in [-0.4, -0.2) is 13.0 Å². The molecule has 6 heteroatoms. The molecule has 0 aliphatic rings. The van der Waals surface area contributed by atoms with E-state index < -0.39 is 24.1 Å². The van der Waals surface area contributed by atoms with Gasteiger partial charge in [0.2, 0.25) is 5.91 Å². The third kappa shape index (κ3) is 4.15. The molecule has 0 saturated heterocycles. The first-order valence-electron chi connectivity index (χ1n) is 5.63. The molecule has 0 bridgehead atoms. The number of methoxy groups -OCH3 is 1. The van der Waals surface area contributed by atoms with Crippen LogP contribution >= 0.6 is 0 Å². The summed E-state index contributed by atoms with van der Waals surface area (Å²) in [7, 11) is 1.27. The summed E-state index contributed by atoms with van der Waals surface area (Å²) in [5.41, 5.74) is -0.791. The van der Waals surface area contributed by atoms with E-state index in [1.165, 1.54) is 25.3 Å². The summed E-state index contributed by atoms with van der Waals surface area (Å²) in [5, 5.41) is 2.34. The van der Waals surface area contributed by atoms with E-state index in [1.807, 2.05) is 0 Å². The second-order valence-electron chi connectivity index (χ2n) is 3.98. The van der Waals surface area contributed by atoms with Gasteiger partial charge in [-0.3, -0.25) is 4.79 Å². The van der Waals surface area contributed by atoms with Gasteiger partial charge in [-0.05, 0) is 23.8 Å². The first-order chi connectivity index (χ1) is 9.27. The van der Waals surface area contributed by atoms with Crippen LogP contribution in [0.15, 0.2) is 43.1 Å². The maximum absolute atomic E-state index is 12.9. The molecule has 0 unspecified atom stereocenters. The molecule has 0 radical (unpaired) electrons. The van der Waals surface area contributed by atoms with Crippen LogP contribution in [-0.2, 0) is 17.4 Å². The van der Waals surface area contributed by atoms with E-state index in [9.17, 15) is 18.0 Å². The van der Waals surface area contributed by atoms with E-state index in [4.69, 9.17) is 4.74 Å². The minimum absolute atomic E-state index is 0.0805. The van der Waals surface area contributed by atoms with Crippen LogP contribution in [0.1, 0.15) is 11.1 Å². The third-order valence-corrected chi connectivity index (χ3v) is 2.52. The number of ether oxygens (including phenoxy) is 1. The van der Waals surface area contributed by atoms with Crippen molar-refractivity contribution in [2.45, 2.75) is 12.6 Å². The lowest BCUT2D eigenvalue weighted by molar-refractivity contribution is -0.138. The Morgan fingerprint density at radius 1 is 1.45 bits per heavy atom. The van der Waals surface area contributed by atoms with Crippen LogP contribution in [0.2, 0.25) is 0 Å². The van der Waals surface area contributed by atoms with Crippen molar-refractivity contribution in [3.63, 3.8) is 0 Å². The highest BCUT2D eigenvalue weighted by Crippen LogP contribution is 2.34. The zero-order chi connectivity index (χ0) is 15.3. The summed E-state index contributed by atoms with van der Waals surface area (Å²) in [4.78, 5) is 11.6. The van der Waals surface area contributed by atoms with Gasteiger partial charge >= 0.3 is 6.18 Å². The molecule has 1 aromatic rings. The molecule has 0 atom stereocenters. The Hall–Kier alpha value is -2.24. The Morgan fingerprint density at radius 2 is 2.10 bits per heavy atom. The zero-order valence-corrected chi connectivity index (χ0v) is 10.9. The number of alkyl halides is 3. The highest BCUT2D eigenvalue weighted by Gasteiger charge is 2.34. The first-order valence-corrected chi connectivity index (χ1v) is 5.63. The third-order valence-electron chi connectivity index (χ3n) is 2.52. The number of hydrogen-bond donors (Lipinski definition) is 1. The fourth-order valence-corrected chi connectivity index (χ4v) is 1.55. The van der Waals surface area contributed by atoms with Crippen LogP contribution in [0.25, 0.3) is 0 Å². The maximum atomic E-state index is 12.9. The maximum Gasteiger partial charge on any atom is 0.416 e. The number of rotatable bonds is 5. The van der Waals surface area contributed by atoms with Crippen molar-refractivity contribution in [3.8, 4) is 5.75 Å². The molecule has 0 aliphatic heterocycles. The molecule has 1 N–H and O–H groups in total. The summed E-state index contributed by atoms with van der Waals surface area (Å²) in [6, 6.07) is 3.46. The summed E-state index contributed by atoms with van der Waals surface area (Å²) in [6.07, 6.45) is -3.66. The monoisotopic (exact) mass is 285 g/mol. The van der Waals surface area contributed by atoms with E-state index in [-0.39, 0.29) is 17.0 Å². The Bertz CT molecular complexity index is 536. The van der Waals surface area contributed by atoms with Gasteiger partial charge in [-0.15, -0.1) is 0 Å². The fraction of sp³-hybridized carbons (Fsp3) is 0.214. The first kappa shape index (κ1) is 15.8. The number of carbonyl (C=O) groups excluding carboxylic acids is 1. The van der Waals surface area contributed by atoms with Crippen molar-refractivity contribution >= 4 is 5.91 Å². The summed E-state index contributed by atoms with van der Waals surface area (Å²) < 4.78 is 43.5. The minimum atomic E-state index is -4.56. The minimum Gasteiger partial charge on any atom is -0.497 e. The Labute approximate surface area is 114 Å². The molecule has 0 heterocycles. The highest BCUT2D eigenvalue weighted by atomic mass is 19.4. The van der Waals surface area contributed by atoms with Crippen molar-refractivity contribution in [2.75, 3.05) is 7.11 Å². The largest absolute Gasteiger partial charge is 0.497 e. The van der Waals surface area contributed by atoms with Crippen molar-refractivity contribution in [1.82, 2.24) is 5.32 Å². The van der Waals surface area contributed by atoms with E-state index in [1.54, 1.807) is 0 Å². The van der Waals surface area contributed by atoms with E-state index in [0.29, 0.717) is 0 Å². The molecule has 20 heavy (non-hydrogen) atoms. The molecule has 3 nitrogen and oxygen atoms in total. The van der Waals surface area contributed by atoms with E-state index in [2.05, 4.69) is 18.5 Å². The van der Waals surface area contributed by atoms with Gasteiger partial charge in [-0.2, -0.15) is 13.2 Å². The highest BCUT2D eigenvalue weighted by molar-refractivity contribution is 5.81. The van der Waals surface area contributed by atoms with Crippen molar-refractivity contribution in [3.05, 3.63) is 54.3 Å². The number of nitrogens with one attached hydrogen (secondary N) is 1. The molecule has 0 aromatic heterocycles. The quantitative estimate of drug-likeness (QED) is 0.844. The topological polar surface area (TPSA) is 38.3 Å². The number of hydrogen-bond acceptors (Lipinski definition) is 2. The molecule has 0 aliphatic carbocycles. The van der Waals surface area contributed by atoms with Gasteiger partial charge < -0.3 is 10.1 Å². The van der Waals surface area contributed by atoms with Gasteiger partial charge in [0.15, 0.2) is 0 Å². The lowest BCUT2D eigenvalue weighted by Gasteiger charge is -2.14. The second-order valence-corrected chi connectivity index (χ2v) is 3.98. The van der Waals surface area contributed by atoms with Gasteiger partial charge in [0.1, 0.15) is 5.75 Å². The van der Waals surface area contributed by atoms with Crippen LogP contribution in [0, 0.1) is 0 Å². The Balaban J connectivity index is 3.03. The average molecular weight is 285 g/mol. The number of allylic oxidation sites excluding steroid dienone is 1. The summed E-state index contributed by atoms with van der Waals surface area (Å²) in [6.45, 7) is 6.85. The van der Waals surface area contributed by atoms with Gasteiger partial charge in [0, 0.05) is 5.70 Å². The smallest absolute Gasteiger partial charge is 0.416 e. The van der Waals surface area contributed by atoms with Crippen LogP contribution in [0.4, 0.5) is 13.2 Å². The van der Waals surface area contributed by atoms with Gasteiger partial charge in [0.25, 0.3) is 0 Å². The van der Waals surface area contributed by atoms with Crippen molar-refractivity contribution in [1.29, 1.82) is 0 Å². The molecular weight excluding hydrogens is 271 g/mol. The van der Waals surface area contributed by atoms with Gasteiger partial charge in [-0.25, -0.2) is 0 Å². The molecule has 1 amide bonds. The number of carbonyl (C=O) groups is 1. The number of halogens is 3. The Kier molecular flexibility index (Phi) is 4.96. The van der Waals surface area contributed by atoms with E-state index in [0.717, 1.165) is 6.07 Å². The lowest BCUT2D eigenvalue weighted by Crippen LogP contribution is -2.24.